The van der Waals surface area contributed by atoms with Crippen molar-refractivity contribution in [3.8, 4) is 11.5 Å². The summed E-state index contributed by atoms with van der Waals surface area (Å²) in [5.41, 5.74) is 2.29. The van der Waals surface area contributed by atoms with Crippen LogP contribution in [0.15, 0.2) is 65.6 Å². The van der Waals surface area contributed by atoms with Crippen molar-refractivity contribution in [1.82, 2.24) is 0 Å². The molecule has 0 aromatic heterocycles. The Hall–Kier alpha value is -3.85. The molecule has 0 fully saturated rings. The highest BCUT2D eigenvalue weighted by molar-refractivity contribution is 7.92. The summed E-state index contributed by atoms with van der Waals surface area (Å²) in [5.74, 6) is 0.0366. The number of nitrogens with zero attached hydrogens (tertiary/aromatic N) is 1. The first-order valence-electron chi connectivity index (χ1n) is 10.7. The second-order valence-electron chi connectivity index (χ2n) is 8.27. The van der Waals surface area contributed by atoms with Crippen LogP contribution < -0.4 is 19.1 Å². The molecule has 1 amide bonds. The smallest absolute Gasteiger partial charge is 0.264 e. The zero-order valence-corrected chi connectivity index (χ0v) is 19.4. The van der Waals surface area contributed by atoms with Gasteiger partial charge in [0.2, 0.25) is 6.79 Å². The topological polar surface area (TPSA) is 102 Å². The van der Waals surface area contributed by atoms with Crippen LogP contribution in [0, 0.1) is 0 Å². The molecule has 1 N–H and O–H groups in total. The van der Waals surface area contributed by atoms with Gasteiger partial charge in [-0.25, -0.2) is 8.42 Å². The molecule has 34 heavy (non-hydrogen) atoms. The maximum Gasteiger partial charge on any atom is 0.264 e. The van der Waals surface area contributed by atoms with Crippen LogP contribution in [0.2, 0.25) is 0 Å². The number of ketones is 1. The van der Waals surface area contributed by atoms with E-state index in [9.17, 15) is 18.0 Å². The molecule has 0 spiro atoms. The number of benzene rings is 3. The van der Waals surface area contributed by atoms with E-state index in [0.717, 1.165) is 5.56 Å². The molecule has 0 saturated heterocycles. The van der Waals surface area contributed by atoms with Gasteiger partial charge in [0.15, 0.2) is 17.3 Å². The summed E-state index contributed by atoms with van der Waals surface area (Å²) >= 11 is 0. The van der Waals surface area contributed by atoms with Crippen molar-refractivity contribution in [3.05, 3.63) is 77.4 Å². The molecule has 0 saturated carbocycles. The van der Waals surface area contributed by atoms with Gasteiger partial charge in [0.25, 0.3) is 15.9 Å². The van der Waals surface area contributed by atoms with Gasteiger partial charge in [-0.3, -0.25) is 13.9 Å². The largest absolute Gasteiger partial charge is 0.454 e. The van der Waals surface area contributed by atoms with E-state index in [4.69, 9.17) is 9.47 Å². The van der Waals surface area contributed by atoms with E-state index in [1.807, 2.05) is 19.1 Å². The Kier molecular flexibility index (Phi) is 5.28. The van der Waals surface area contributed by atoms with Gasteiger partial charge < -0.3 is 14.8 Å². The van der Waals surface area contributed by atoms with Gasteiger partial charge in [0.1, 0.15) is 0 Å². The summed E-state index contributed by atoms with van der Waals surface area (Å²) in [6.45, 7) is 3.27. The average Bonchev–Trinajstić information content (AvgIpc) is 3.41. The second-order valence-corrected chi connectivity index (χ2v) is 10.1. The number of carbonyl (C=O) groups excluding carboxylic acids is 2. The Bertz CT molecular complexity index is 1430. The number of para-hydroxylation sites is 1. The highest BCUT2D eigenvalue weighted by Crippen LogP contribution is 2.38. The Morgan fingerprint density at radius 1 is 1.00 bits per heavy atom. The summed E-state index contributed by atoms with van der Waals surface area (Å²) in [6.07, 6.45) is 0.619. The molecule has 0 unspecified atom stereocenters. The van der Waals surface area contributed by atoms with E-state index >= 15 is 0 Å². The molecule has 2 heterocycles. The zero-order valence-electron chi connectivity index (χ0n) is 18.6. The summed E-state index contributed by atoms with van der Waals surface area (Å²) < 4.78 is 39.1. The van der Waals surface area contributed by atoms with Crippen molar-refractivity contribution in [2.75, 3.05) is 16.4 Å². The number of sulfonamides is 1. The number of anilines is 2. The number of ether oxygens (including phenoxy) is 2. The van der Waals surface area contributed by atoms with E-state index in [2.05, 4.69) is 5.32 Å². The summed E-state index contributed by atoms with van der Waals surface area (Å²) in [6, 6.07) is 16.1. The molecule has 9 heteroatoms. The SMILES string of the molecule is CC(=O)c1cc2c(cc1NC(=O)c1cccc(S(=O)(=O)N3c4ccccc4C[C@@H]3C)c1)OCO2. The van der Waals surface area contributed by atoms with Crippen LogP contribution in [-0.4, -0.2) is 32.9 Å². The highest BCUT2D eigenvalue weighted by atomic mass is 32.2. The number of fused-ring (bicyclic) bond motifs is 2. The van der Waals surface area contributed by atoms with Crippen LogP contribution in [0.25, 0.3) is 0 Å². The van der Waals surface area contributed by atoms with Crippen molar-refractivity contribution < 1.29 is 27.5 Å². The predicted molar refractivity (Wildman–Crippen MR) is 126 cm³/mol. The summed E-state index contributed by atoms with van der Waals surface area (Å²) in [7, 11) is -3.90. The van der Waals surface area contributed by atoms with Crippen LogP contribution in [-0.2, 0) is 16.4 Å². The Morgan fingerprint density at radius 3 is 2.50 bits per heavy atom. The maximum absolute atomic E-state index is 13.5. The van der Waals surface area contributed by atoms with Gasteiger partial charge in [0.05, 0.1) is 16.3 Å². The first-order chi connectivity index (χ1) is 16.3. The van der Waals surface area contributed by atoms with Crippen molar-refractivity contribution in [2.45, 2.75) is 31.2 Å². The molecular weight excluding hydrogens is 456 g/mol. The first kappa shape index (κ1) is 22.0. The van der Waals surface area contributed by atoms with Gasteiger partial charge in [-0.05, 0) is 56.2 Å². The van der Waals surface area contributed by atoms with Crippen molar-refractivity contribution >= 4 is 33.1 Å². The average molecular weight is 479 g/mol. The minimum atomic E-state index is -3.90. The minimum absolute atomic E-state index is 0.0150. The molecule has 3 aromatic rings. The molecule has 174 valence electrons. The lowest BCUT2D eigenvalue weighted by atomic mass is 10.1. The van der Waals surface area contributed by atoms with Gasteiger partial charge >= 0.3 is 0 Å². The lowest BCUT2D eigenvalue weighted by molar-refractivity contribution is 0.101. The molecule has 3 aromatic carbocycles. The number of hydrogen-bond donors (Lipinski definition) is 1. The molecular formula is C25H22N2O6S. The van der Waals surface area contributed by atoms with Crippen LogP contribution in [0.5, 0.6) is 11.5 Å². The third kappa shape index (κ3) is 3.67. The third-order valence-corrected chi connectivity index (χ3v) is 7.86. The van der Waals surface area contributed by atoms with Gasteiger partial charge in [-0.15, -0.1) is 0 Å². The predicted octanol–water partition coefficient (Wildman–Crippen LogP) is 4.01. The molecule has 1 atom stereocenters. The quantitative estimate of drug-likeness (QED) is 0.556. The number of carbonyl (C=O) groups is 2. The molecule has 2 aliphatic rings. The van der Waals surface area contributed by atoms with Gasteiger partial charge in [-0.2, -0.15) is 0 Å². The number of amides is 1. The molecule has 0 bridgehead atoms. The van der Waals surface area contributed by atoms with E-state index < -0.39 is 15.9 Å². The zero-order chi connectivity index (χ0) is 24.0. The van der Waals surface area contributed by atoms with Crippen molar-refractivity contribution in [3.63, 3.8) is 0 Å². The lowest BCUT2D eigenvalue weighted by Gasteiger charge is -2.24. The molecule has 0 radical (unpaired) electrons. The standard InChI is InChI=1S/C25H22N2O6S/c1-15-10-17-6-3-4-9-22(17)27(15)34(30,31)19-8-5-7-18(11-19)25(29)26-21-13-24-23(32-14-33-24)12-20(21)16(2)28/h3-9,11-13,15H,10,14H2,1-2H3,(H,26,29)/t15-/m0/s1. The number of rotatable bonds is 5. The minimum Gasteiger partial charge on any atom is -0.454 e. The Labute approximate surface area is 197 Å². The number of Topliss-reactive ketones (excluding diaryl/α,β-unsaturated/α-hetero) is 1. The van der Waals surface area contributed by atoms with Crippen LogP contribution in [0.3, 0.4) is 0 Å². The summed E-state index contributed by atoms with van der Waals surface area (Å²) in [4.78, 5) is 25.2. The fourth-order valence-corrected chi connectivity index (χ4v) is 6.08. The summed E-state index contributed by atoms with van der Waals surface area (Å²) in [5, 5.41) is 2.71. The molecule has 8 nitrogen and oxygen atoms in total. The monoisotopic (exact) mass is 478 g/mol. The van der Waals surface area contributed by atoms with E-state index in [0.29, 0.717) is 23.6 Å². The van der Waals surface area contributed by atoms with E-state index in [1.54, 1.807) is 12.1 Å². The van der Waals surface area contributed by atoms with Gasteiger partial charge in [-0.1, -0.05) is 24.3 Å². The third-order valence-electron chi connectivity index (χ3n) is 5.94. The number of hydrogen-bond acceptors (Lipinski definition) is 6. The highest BCUT2D eigenvalue weighted by Gasteiger charge is 2.36. The Morgan fingerprint density at radius 2 is 1.74 bits per heavy atom. The van der Waals surface area contributed by atoms with Crippen LogP contribution >= 0.6 is 0 Å². The van der Waals surface area contributed by atoms with Crippen molar-refractivity contribution in [2.24, 2.45) is 0 Å². The fraction of sp³-hybridized carbons (Fsp3) is 0.200. The Balaban J connectivity index is 1.46. The molecule has 5 rings (SSSR count). The van der Waals surface area contributed by atoms with E-state index in [-0.39, 0.29) is 40.3 Å². The van der Waals surface area contributed by atoms with Crippen LogP contribution in [0.4, 0.5) is 11.4 Å². The van der Waals surface area contributed by atoms with Crippen LogP contribution in [0.1, 0.15) is 40.1 Å². The molecule has 0 aliphatic carbocycles. The first-order valence-corrected chi connectivity index (χ1v) is 12.2. The molecule has 2 aliphatic heterocycles. The number of nitrogens with one attached hydrogen (secondary N) is 1. The lowest BCUT2D eigenvalue weighted by Crippen LogP contribution is -2.35. The normalized spacial score (nSPS) is 16.3. The van der Waals surface area contributed by atoms with Gasteiger partial charge in [0, 0.05) is 23.2 Å². The van der Waals surface area contributed by atoms with Crippen molar-refractivity contribution in [1.29, 1.82) is 0 Å². The van der Waals surface area contributed by atoms with E-state index in [1.165, 1.54) is 47.6 Å². The second kappa shape index (κ2) is 8.18. The maximum atomic E-state index is 13.5. The fourth-order valence-electron chi connectivity index (χ4n) is 4.35.